The number of nitrogens with two attached hydrogens (primary N) is 1. The molecule has 0 saturated heterocycles. The number of halogens is 1. The molecule has 1 amide bonds. The zero-order valence-electron chi connectivity index (χ0n) is 15.4. The fourth-order valence-electron chi connectivity index (χ4n) is 3.57. The number of rotatable bonds is 7. The van der Waals surface area contributed by atoms with Crippen LogP contribution in [0.25, 0.3) is 11.1 Å². The van der Waals surface area contributed by atoms with E-state index in [1.165, 1.54) is 0 Å². The number of nitrogens with one attached hydrogen (secondary N) is 1. The van der Waals surface area contributed by atoms with Gasteiger partial charge in [-0.1, -0.05) is 18.5 Å². The first-order valence-corrected chi connectivity index (χ1v) is 9.37. The molecule has 4 rings (SSSR count). The van der Waals surface area contributed by atoms with Gasteiger partial charge in [-0.15, -0.1) is 12.4 Å². The number of fused-ring (bicyclic) bond motifs is 1. The number of pyridine rings is 1. The molecular formula is C19H27ClN4O2. The maximum atomic E-state index is 13.2. The first kappa shape index (κ1) is 19.1. The zero-order chi connectivity index (χ0) is 17.6. The van der Waals surface area contributed by atoms with Crippen LogP contribution in [0.4, 0.5) is 0 Å². The summed E-state index contributed by atoms with van der Waals surface area (Å²) in [4.78, 5) is 17.8. The Hall–Kier alpha value is -1.66. The number of hydrogen-bond donors (Lipinski definition) is 2. The molecule has 0 bridgehead atoms. The SMILES string of the molecule is CCCc1noc2nc(C3CC3)cc(C(=O)NC(C)(CN)C3CC3)c12.Cl. The van der Waals surface area contributed by atoms with Crippen LogP contribution >= 0.6 is 12.4 Å². The number of aromatic nitrogens is 2. The minimum absolute atomic E-state index is 0. The summed E-state index contributed by atoms with van der Waals surface area (Å²) in [5.74, 6) is 0.828. The molecule has 142 valence electrons. The van der Waals surface area contributed by atoms with Crippen LogP contribution in [0.2, 0.25) is 0 Å². The van der Waals surface area contributed by atoms with Crippen LogP contribution in [0.5, 0.6) is 0 Å². The van der Waals surface area contributed by atoms with Crippen molar-refractivity contribution in [3.05, 3.63) is 23.0 Å². The standard InChI is InChI=1S/C19H26N4O2.ClH/c1-3-4-14-16-13(17(24)22-19(2,10-20)12-7-8-12)9-15(11-5-6-11)21-18(16)25-23-14;/h9,11-12H,3-8,10,20H2,1-2H3,(H,22,24);1H. The van der Waals surface area contributed by atoms with Gasteiger partial charge in [0.15, 0.2) is 0 Å². The minimum atomic E-state index is -0.353. The van der Waals surface area contributed by atoms with Crippen molar-refractivity contribution in [1.29, 1.82) is 0 Å². The Balaban J connectivity index is 0.00000196. The molecule has 0 aromatic carbocycles. The van der Waals surface area contributed by atoms with E-state index in [9.17, 15) is 4.79 Å². The fourth-order valence-corrected chi connectivity index (χ4v) is 3.57. The summed E-state index contributed by atoms with van der Waals surface area (Å²) in [6, 6.07) is 1.94. The minimum Gasteiger partial charge on any atom is -0.345 e. The second-order valence-corrected chi connectivity index (χ2v) is 7.78. The fraction of sp³-hybridized carbons (Fsp3) is 0.632. The van der Waals surface area contributed by atoms with Gasteiger partial charge >= 0.3 is 0 Å². The van der Waals surface area contributed by atoms with Crippen molar-refractivity contribution in [2.75, 3.05) is 6.54 Å². The third kappa shape index (κ3) is 3.45. The first-order chi connectivity index (χ1) is 12.1. The molecule has 2 heterocycles. The van der Waals surface area contributed by atoms with Crippen LogP contribution in [0.3, 0.4) is 0 Å². The Bertz CT molecular complexity index is 813. The second kappa shape index (κ2) is 7.16. The van der Waals surface area contributed by atoms with Crippen LogP contribution in [0.15, 0.2) is 10.6 Å². The van der Waals surface area contributed by atoms with Crippen molar-refractivity contribution in [2.24, 2.45) is 11.7 Å². The van der Waals surface area contributed by atoms with Crippen molar-refractivity contribution >= 4 is 29.4 Å². The van der Waals surface area contributed by atoms with Crippen molar-refractivity contribution in [1.82, 2.24) is 15.5 Å². The average molecular weight is 379 g/mol. The summed E-state index contributed by atoms with van der Waals surface area (Å²) in [6.45, 7) is 4.58. The Morgan fingerprint density at radius 2 is 2.12 bits per heavy atom. The first-order valence-electron chi connectivity index (χ1n) is 9.37. The Kier molecular flexibility index (Phi) is 5.26. The molecule has 2 fully saturated rings. The Morgan fingerprint density at radius 1 is 1.38 bits per heavy atom. The topological polar surface area (TPSA) is 94.0 Å². The monoisotopic (exact) mass is 378 g/mol. The van der Waals surface area contributed by atoms with E-state index in [2.05, 4.69) is 22.4 Å². The van der Waals surface area contributed by atoms with Crippen molar-refractivity contribution in [3.63, 3.8) is 0 Å². The van der Waals surface area contributed by atoms with Crippen molar-refractivity contribution in [3.8, 4) is 0 Å². The largest absolute Gasteiger partial charge is 0.345 e. The third-order valence-corrected chi connectivity index (χ3v) is 5.57. The highest BCUT2D eigenvalue weighted by atomic mass is 35.5. The molecule has 1 atom stereocenters. The van der Waals surface area contributed by atoms with Crippen molar-refractivity contribution in [2.45, 2.75) is 63.8 Å². The van der Waals surface area contributed by atoms with Gasteiger partial charge in [0.2, 0.25) is 0 Å². The number of carbonyl (C=O) groups is 1. The lowest BCUT2D eigenvalue weighted by Gasteiger charge is -2.29. The molecule has 3 N–H and O–H groups in total. The highest BCUT2D eigenvalue weighted by molar-refractivity contribution is 6.06. The number of carbonyl (C=O) groups excluding carboxylic acids is 1. The smallest absolute Gasteiger partial charge is 0.259 e. The van der Waals surface area contributed by atoms with E-state index < -0.39 is 0 Å². The van der Waals surface area contributed by atoms with Crippen LogP contribution in [-0.4, -0.2) is 28.1 Å². The number of nitrogens with zero attached hydrogens (tertiary/aromatic N) is 2. The quantitative estimate of drug-likeness (QED) is 0.770. The molecule has 1 unspecified atom stereocenters. The number of hydrogen-bond acceptors (Lipinski definition) is 5. The average Bonchev–Trinajstić information content (AvgIpc) is 3.51. The lowest BCUT2D eigenvalue weighted by molar-refractivity contribution is 0.0899. The maximum Gasteiger partial charge on any atom is 0.259 e. The second-order valence-electron chi connectivity index (χ2n) is 7.78. The zero-order valence-corrected chi connectivity index (χ0v) is 16.2. The van der Waals surface area contributed by atoms with Crippen LogP contribution in [0.1, 0.15) is 73.6 Å². The Labute approximate surface area is 159 Å². The van der Waals surface area contributed by atoms with Crippen LogP contribution in [0, 0.1) is 5.92 Å². The van der Waals surface area contributed by atoms with Gasteiger partial charge in [-0.05, 0) is 51.0 Å². The summed E-state index contributed by atoms with van der Waals surface area (Å²) in [7, 11) is 0. The summed E-state index contributed by atoms with van der Waals surface area (Å²) in [5, 5.41) is 8.13. The molecule has 0 aliphatic heterocycles. The third-order valence-electron chi connectivity index (χ3n) is 5.57. The van der Waals surface area contributed by atoms with Gasteiger partial charge in [-0.3, -0.25) is 4.79 Å². The van der Waals surface area contributed by atoms with Crippen LogP contribution < -0.4 is 11.1 Å². The molecule has 2 aromatic heterocycles. The molecule has 2 aliphatic carbocycles. The molecule has 0 radical (unpaired) electrons. The molecule has 26 heavy (non-hydrogen) atoms. The predicted molar refractivity (Wildman–Crippen MR) is 103 cm³/mol. The van der Waals surface area contributed by atoms with Gasteiger partial charge in [-0.2, -0.15) is 0 Å². The van der Waals surface area contributed by atoms with Gasteiger partial charge in [0.25, 0.3) is 11.6 Å². The molecule has 7 heteroatoms. The normalized spacial score (nSPS) is 19.0. The van der Waals surface area contributed by atoms with E-state index in [0.717, 1.165) is 55.3 Å². The van der Waals surface area contributed by atoms with E-state index in [0.29, 0.717) is 29.7 Å². The van der Waals surface area contributed by atoms with E-state index in [1.807, 2.05) is 13.0 Å². The van der Waals surface area contributed by atoms with Gasteiger partial charge in [-0.25, -0.2) is 4.98 Å². The van der Waals surface area contributed by atoms with Crippen molar-refractivity contribution < 1.29 is 9.32 Å². The highest BCUT2D eigenvalue weighted by Gasteiger charge is 2.42. The van der Waals surface area contributed by atoms with Gasteiger partial charge in [0.1, 0.15) is 0 Å². The molecule has 2 saturated carbocycles. The van der Waals surface area contributed by atoms with Crippen LogP contribution in [-0.2, 0) is 6.42 Å². The molecule has 2 aliphatic rings. The molecule has 0 spiro atoms. The lowest BCUT2D eigenvalue weighted by atomic mass is 9.94. The maximum absolute atomic E-state index is 13.2. The number of aryl methyl sites for hydroxylation is 1. The lowest BCUT2D eigenvalue weighted by Crippen LogP contribution is -2.53. The Morgan fingerprint density at radius 3 is 2.69 bits per heavy atom. The molecule has 6 nitrogen and oxygen atoms in total. The summed E-state index contributed by atoms with van der Waals surface area (Å²) in [6.07, 6.45) is 6.21. The molecular weight excluding hydrogens is 352 g/mol. The summed E-state index contributed by atoms with van der Waals surface area (Å²) >= 11 is 0. The number of amides is 1. The van der Waals surface area contributed by atoms with E-state index in [-0.39, 0.29) is 23.9 Å². The van der Waals surface area contributed by atoms with Gasteiger partial charge in [0.05, 0.1) is 22.2 Å². The van der Waals surface area contributed by atoms with E-state index >= 15 is 0 Å². The molecule has 2 aromatic rings. The summed E-state index contributed by atoms with van der Waals surface area (Å²) < 4.78 is 5.46. The van der Waals surface area contributed by atoms with Gasteiger partial charge in [0, 0.05) is 18.2 Å². The van der Waals surface area contributed by atoms with E-state index in [1.54, 1.807) is 0 Å². The highest BCUT2D eigenvalue weighted by Crippen LogP contribution is 2.41. The summed E-state index contributed by atoms with van der Waals surface area (Å²) in [5.41, 5.74) is 8.50. The van der Waals surface area contributed by atoms with E-state index in [4.69, 9.17) is 10.3 Å². The predicted octanol–water partition coefficient (Wildman–Crippen LogP) is 3.33. The van der Waals surface area contributed by atoms with Gasteiger partial charge < -0.3 is 15.6 Å².